The molecule has 0 rings (SSSR count). The average molecular weight is 1100 g/mol. The van der Waals surface area contributed by atoms with Crippen LogP contribution in [-0.4, -0.2) is 37.2 Å². The lowest BCUT2D eigenvalue weighted by Gasteiger charge is -2.18. The minimum atomic E-state index is -0.783. The van der Waals surface area contributed by atoms with Gasteiger partial charge in [-0.2, -0.15) is 0 Å². The zero-order valence-electron chi connectivity index (χ0n) is 52.4. The van der Waals surface area contributed by atoms with E-state index in [0.29, 0.717) is 19.3 Å². The zero-order chi connectivity index (χ0) is 57.1. The molecule has 0 saturated heterocycles. The predicted octanol–water partition coefficient (Wildman–Crippen LogP) is 23.4. The van der Waals surface area contributed by atoms with Crippen molar-refractivity contribution in [3.8, 4) is 0 Å². The Labute approximate surface area is 490 Å². The summed E-state index contributed by atoms with van der Waals surface area (Å²) in [6.07, 6.45) is 88.8. The Hall–Kier alpha value is -3.41. The number of hydrogen-bond donors (Lipinski definition) is 0. The van der Waals surface area contributed by atoms with Crippen molar-refractivity contribution in [1.29, 1.82) is 0 Å². The van der Waals surface area contributed by atoms with Crippen LogP contribution in [0.3, 0.4) is 0 Å². The summed E-state index contributed by atoms with van der Waals surface area (Å²) < 4.78 is 17.0. The average Bonchev–Trinajstić information content (AvgIpc) is 3.45. The number of unbranched alkanes of at least 4 members (excludes halogenated alkanes) is 37. The second kappa shape index (κ2) is 67.1. The van der Waals surface area contributed by atoms with E-state index in [1.54, 1.807) is 0 Å². The van der Waals surface area contributed by atoms with Crippen molar-refractivity contribution in [2.24, 2.45) is 0 Å². The smallest absolute Gasteiger partial charge is 0.306 e. The van der Waals surface area contributed by atoms with Crippen molar-refractivity contribution in [3.63, 3.8) is 0 Å². The Morgan fingerprint density at radius 1 is 0.266 bits per heavy atom. The van der Waals surface area contributed by atoms with Crippen molar-refractivity contribution in [1.82, 2.24) is 0 Å². The molecule has 0 amide bonds. The maximum absolute atomic E-state index is 12.9. The van der Waals surface area contributed by atoms with Crippen molar-refractivity contribution in [3.05, 3.63) is 85.1 Å². The maximum atomic E-state index is 12.9. The molecule has 0 fully saturated rings. The second-order valence-electron chi connectivity index (χ2n) is 22.7. The van der Waals surface area contributed by atoms with E-state index in [1.807, 2.05) is 0 Å². The molecule has 456 valence electrons. The van der Waals surface area contributed by atoms with Gasteiger partial charge in [-0.15, -0.1) is 0 Å². The van der Waals surface area contributed by atoms with Crippen LogP contribution in [0.1, 0.15) is 342 Å². The standard InChI is InChI=1S/C73H128O6/c1-4-7-10-13-16-19-22-25-27-29-31-33-35-36-38-39-41-43-45-48-51-54-57-60-63-66-72(75)78-69-70(68-77-71(74)65-62-59-56-53-50-47-24-21-18-15-12-9-6-3)79-73(76)67-64-61-58-55-52-49-46-44-42-40-37-34-32-30-28-26-23-20-17-14-11-8-5-2/h7,10,16,19,21,23-27,30-33,70H,4-6,8-9,11-15,17-18,20,22,28-29,34-69H2,1-3H3/b10-7-,19-16-,24-21-,26-23-,27-25-,32-30-,33-31-. The Bertz CT molecular complexity index is 1500. The van der Waals surface area contributed by atoms with Gasteiger partial charge < -0.3 is 14.2 Å². The Morgan fingerprint density at radius 2 is 0.494 bits per heavy atom. The predicted molar refractivity (Wildman–Crippen MR) is 344 cm³/mol. The molecule has 0 radical (unpaired) electrons. The summed E-state index contributed by atoms with van der Waals surface area (Å²) in [6, 6.07) is 0. The molecule has 0 aromatic carbocycles. The second-order valence-corrected chi connectivity index (χ2v) is 22.7. The van der Waals surface area contributed by atoms with Gasteiger partial charge in [0.05, 0.1) is 0 Å². The van der Waals surface area contributed by atoms with Gasteiger partial charge >= 0.3 is 17.9 Å². The van der Waals surface area contributed by atoms with Gasteiger partial charge in [-0.25, -0.2) is 0 Å². The molecule has 0 aromatic heterocycles. The van der Waals surface area contributed by atoms with Gasteiger partial charge in [0.15, 0.2) is 6.10 Å². The van der Waals surface area contributed by atoms with Crippen molar-refractivity contribution in [2.45, 2.75) is 348 Å². The molecule has 0 aromatic rings. The van der Waals surface area contributed by atoms with E-state index in [2.05, 4.69) is 106 Å². The van der Waals surface area contributed by atoms with E-state index in [4.69, 9.17) is 14.2 Å². The van der Waals surface area contributed by atoms with E-state index in [1.165, 1.54) is 205 Å². The van der Waals surface area contributed by atoms with E-state index in [0.717, 1.165) is 96.3 Å². The van der Waals surface area contributed by atoms with Crippen LogP contribution in [0.4, 0.5) is 0 Å². The van der Waals surface area contributed by atoms with Crippen LogP contribution in [0.5, 0.6) is 0 Å². The summed E-state index contributed by atoms with van der Waals surface area (Å²) in [5, 5.41) is 0. The molecular weight excluding hydrogens is 973 g/mol. The van der Waals surface area contributed by atoms with Gasteiger partial charge in [-0.05, 0) is 116 Å². The topological polar surface area (TPSA) is 78.9 Å². The summed E-state index contributed by atoms with van der Waals surface area (Å²) in [4.78, 5) is 38.4. The van der Waals surface area contributed by atoms with Crippen LogP contribution in [0.15, 0.2) is 85.1 Å². The number of carbonyl (C=O) groups excluding carboxylic acids is 3. The van der Waals surface area contributed by atoms with Crippen LogP contribution in [0, 0.1) is 0 Å². The maximum Gasteiger partial charge on any atom is 0.306 e. The lowest BCUT2D eigenvalue weighted by Crippen LogP contribution is -2.30. The van der Waals surface area contributed by atoms with Crippen LogP contribution >= 0.6 is 0 Å². The summed E-state index contributed by atoms with van der Waals surface area (Å²) in [6.45, 7) is 6.53. The molecule has 0 aliphatic carbocycles. The molecular formula is C73H128O6. The molecule has 79 heavy (non-hydrogen) atoms. The number of rotatable bonds is 62. The summed E-state index contributed by atoms with van der Waals surface area (Å²) in [7, 11) is 0. The number of esters is 3. The van der Waals surface area contributed by atoms with E-state index in [-0.39, 0.29) is 31.1 Å². The third kappa shape index (κ3) is 65.3. The summed E-state index contributed by atoms with van der Waals surface area (Å²) in [5.74, 6) is -0.876. The lowest BCUT2D eigenvalue weighted by atomic mass is 10.0. The van der Waals surface area contributed by atoms with E-state index in [9.17, 15) is 14.4 Å². The third-order valence-corrected chi connectivity index (χ3v) is 14.9. The van der Waals surface area contributed by atoms with Crippen molar-refractivity contribution in [2.75, 3.05) is 13.2 Å². The first-order valence-electron chi connectivity index (χ1n) is 34.1. The van der Waals surface area contributed by atoms with Crippen molar-refractivity contribution >= 4 is 17.9 Å². The Kier molecular flexibility index (Phi) is 64.2. The van der Waals surface area contributed by atoms with Crippen LogP contribution in [-0.2, 0) is 28.6 Å². The highest BCUT2D eigenvalue weighted by Crippen LogP contribution is 2.17. The number of ether oxygens (including phenoxy) is 3. The fourth-order valence-corrected chi connectivity index (χ4v) is 9.76. The van der Waals surface area contributed by atoms with E-state index >= 15 is 0 Å². The molecule has 0 aliphatic heterocycles. The molecule has 1 atom stereocenters. The quantitative estimate of drug-likeness (QED) is 0.0261. The summed E-state index contributed by atoms with van der Waals surface area (Å²) in [5.41, 5.74) is 0. The van der Waals surface area contributed by atoms with E-state index < -0.39 is 6.10 Å². The highest BCUT2D eigenvalue weighted by Gasteiger charge is 2.19. The number of carbonyl (C=O) groups is 3. The van der Waals surface area contributed by atoms with Crippen LogP contribution < -0.4 is 0 Å². The van der Waals surface area contributed by atoms with Gasteiger partial charge in [0.1, 0.15) is 13.2 Å². The first-order valence-corrected chi connectivity index (χ1v) is 34.1. The molecule has 0 saturated carbocycles. The fraction of sp³-hybridized carbons (Fsp3) is 0.767. The molecule has 6 nitrogen and oxygen atoms in total. The zero-order valence-corrected chi connectivity index (χ0v) is 52.4. The monoisotopic (exact) mass is 1100 g/mol. The molecule has 0 aliphatic rings. The first-order chi connectivity index (χ1) is 39.0. The lowest BCUT2D eigenvalue weighted by molar-refractivity contribution is -0.167. The fourth-order valence-electron chi connectivity index (χ4n) is 9.76. The van der Waals surface area contributed by atoms with Gasteiger partial charge in [0.25, 0.3) is 0 Å². The summed E-state index contributed by atoms with van der Waals surface area (Å²) >= 11 is 0. The van der Waals surface area contributed by atoms with Crippen LogP contribution in [0.25, 0.3) is 0 Å². The van der Waals surface area contributed by atoms with Gasteiger partial charge in [-0.3, -0.25) is 14.4 Å². The Balaban J connectivity index is 4.29. The SMILES string of the molecule is CC/C=C\C/C=C\C/C=C\C/C=C\CCCCCCCCCCCCCCC(=O)OCC(COC(=O)CCCCCCC/C=C\CCCCCC)OC(=O)CCCCCCCCCCCCC/C=C\C/C=C\CCCCCCC. The molecule has 1 unspecified atom stereocenters. The third-order valence-electron chi connectivity index (χ3n) is 14.9. The van der Waals surface area contributed by atoms with Crippen molar-refractivity contribution < 1.29 is 28.6 Å². The number of allylic oxidation sites excluding steroid dienone is 14. The minimum absolute atomic E-state index is 0.0788. The molecule has 0 bridgehead atoms. The minimum Gasteiger partial charge on any atom is -0.462 e. The van der Waals surface area contributed by atoms with Gasteiger partial charge in [0, 0.05) is 19.3 Å². The normalized spacial score (nSPS) is 12.6. The van der Waals surface area contributed by atoms with Gasteiger partial charge in [0.2, 0.25) is 0 Å². The highest BCUT2D eigenvalue weighted by molar-refractivity contribution is 5.71. The molecule has 6 heteroatoms. The van der Waals surface area contributed by atoms with Crippen LogP contribution in [0.2, 0.25) is 0 Å². The first kappa shape index (κ1) is 75.6. The molecule has 0 heterocycles. The molecule has 0 spiro atoms. The number of hydrogen-bond acceptors (Lipinski definition) is 6. The van der Waals surface area contributed by atoms with Gasteiger partial charge in [-0.1, -0.05) is 292 Å². The Morgan fingerprint density at radius 3 is 0.797 bits per heavy atom. The largest absolute Gasteiger partial charge is 0.462 e. The highest BCUT2D eigenvalue weighted by atomic mass is 16.6. The molecule has 0 N–H and O–H groups in total.